The summed E-state index contributed by atoms with van der Waals surface area (Å²) in [6.45, 7) is 6.15. The van der Waals surface area contributed by atoms with Crippen molar-refractivity contribution in [3.05, 3.63) is 23.8 Å². The number of carbonyl (C=O) groups excluding carboxylic acids is 2. The maximum Gasteiger partial charge on any atom is 0.410 e. The molecule has 2 atom stereocenters. The van der Waals surface area contributed by atoms with Gasteiger partial charge in [0.15, 0.2) is 11.5 Å². The van der Waals surface area contributed by atoms with Crippen molar-refractivity contribution in [3.8, 4) is 11.5 Å². The molecule has 1 aromatic carbocycles. The van der Waals surface area contributed by atoms with Crippen LogP contribution in [-0.2, 0) is 14.9 Å². The van der Waals surface area contributed by atoms with Gasteiger partial charge in [-0.2, -0.15) is 0 Å². The maximum atomic E-state index is 12.8. The van der Waals surface area contributed by atoms with Crippen LogP contribution < -0.4 is 9.47 Å². The molecule has 1 saturated heterocycles. The van der Waals surface area contributed by atoms with E-state index in [1.807, 2.05) is 39.0 Å². The van der Waals surface area contributed by atoms with Gasteiger partial charge in [0.2, 0.25) is 0 Å². The minimum Gasteiger partial charge on any atom is -0.493 e. The molecular weight excluding hydrogens is 346 g/mol. The van der Waals surface area contributed by atoms with Gasteiger partial charge in [0.05, 0.1) is 20.3 Å². The highest BCUT2D eigenvalue weighted by Gasteiger charge is 2.53. The summed E-state index contributed by atoms with van der Waals surface area (Å²) < 4.78 is 16.4. The molecule has 1 aliphatic carbocycles. The second-order valence-corrected chi connectivity index (χ2v) is 8.41. The molecule has 0 unspecified atom stereocenters. The van der Waals surface area contributed by atoms with E-state index in [0.717, 1.165) is 18.4 Å². The Balaban J connectivity index is 1.97. The first-order valence-electron chi connectivity index (χ1n) is 9.44. The molecule has 6 heteroatoms. The topological polar surface area (TPSA) is 65.1 Å². The summed E-state index contributed by atoms with van der Waals surface area (Å²) in [5, 5.41) is 0. The van der Waals surface area contributed by atoms with E-state index in [0.29, 0.717) is 30.9 Å². The van der Waals surface area contributed by atoms with Crippen molar-refractivity contribution in [1.82, 2.24) is 4.90 Å². The highest BCUT2D eigenvalue weighted by Crippen LogP contribution is 2.49. The number of ketones is 1. The molecule has 1 aromatic rings. The molecule has 0 aromatic heterocycles. The molecule has 2 aliphatic rings. The summed E-state index contributed by atoms with van der Waals surface area (Å²) in [6.07, 6.45) is 2.09. The van der Waals surface area contributed by atoms with Gasteiger partial charge in [-0.3, -0.25) is 4.79 Å². The predicted molar refractivity (Wildman–Crippen MR) is 101 cm³/mol. The Kier molecular flexibility index (Phi) is 5.10. The zero-order valence-corrected chi connectivity index (χ0v) is 16.8. The Bertz CT molecular complexity index is 739. The molecule has 0 N–H and O–H groups in total. The fourth-order valence-electron chi connectivity index (χ4n) is 4.38. The second kappa shape index (κ2) is 7.06. The summed E-state index contributed by atoms with van der Waals surface area (Å²) in [6, 6.07) is 5.72. The first-order chi connectivity index (χ1) is 12.7. The van der Waals surface area contributed by atoms with E-state index in [-0.39, 0.29) is 23.3 Å². The second-order valence-electron chi connectivity index (χ2n) is 8.41. The number of carbonyl (C=O) groups is 2. The molecule has 27 heavy (non-hydrogen) atoms. The normalized spacial score (nSPS) is 25.1. The maximum absolute atomic E-state index is 12.8. The third-order valence-electron chi connectivity index (χ3n) is 5.67. The molecule has 1 saturated carbocycles. The van der Waals surface area contributed by atoms with Crippen LogP contribution in [0, 0.1) is 0 Å². The Labute approximate surface area is 160 Å². The molecule has 0 spiro atoms. The largest absolute Gasteiger partial charge is 0.493 e. The number of benzene rings is 1. The van der Waals surface area contributed by atoms with Gasteiger partial charge in [-0.15, -0.1) is 0 Å². The van der Waals surface area contributed by atoms with Crippen molar-refractivity contribution in [1.29, 1.82) is 0 Å². The Hall–Kier alpha value is -2.24. The van der Waals surface area contributed by atoms with Crippen LogP contribution in [0.1, 0.15) is 52.0 Å². The minimum atomic E-state index is -0.565. The van der Waals surface area contributed by atoms with Gasteiger partial charge < -0.3 is 19.1 Å². The van der Waals surface area contributed by atoms with Gasteiger partial charge in [0.1, 0.15) is 11.4 Å². The number of nitrogens with zero attached hydrogens (tertiary/aromatic N) is 1. The number of amides is 1. The highest BCUT2D eigenvalue weighted by atomic mass is 16.6. The lowest BCUT2D eigenvalue weighted by Crippen LogP contribution is -2.50. The molecule has 1 heterocycles. The van der Waals surface area contributed by atoms with Gasteiger partial charge >= 0.3 is 6.09 Å². The molecule has 2 fully saturated rings. The SMILES string of the molecule is COc1ccc([C@@]23CCC(=O)C[C@H]2N(C(=O)OC(C)(C)C)CC3)cc1OC. The number of hydrogen-bond acceptors (Lipinski definition) is 5. The number of Topliss-reactive ketones (excluding diaryl/α,β-unsaturated/α-hetero) is 1. The summed E-state index contributed by atoms with van der Waals surface area (Å²) in [5.74, 6) is 1.53. The van der Waals surface area contributed by atoms with Crippen LogP contribution in [0.4, 0.5) is 4.79 Å². The zero-order chi connectivity index (χ0) is 19.8. The van der Waals surface area contributed by atoms with Crippen molar-refractivity contribution in [2.75, 3.05) is 20.8 Å². The Morgan fingerprint density at radius 3 is 2.48 bits per heavy atom. The molecule has 3 rings (SSSR count). The van der Waals surface area contributed by atoms with Crippen LogP contribution in [0.2, 0.25) is 0 Å². The van der Waals surface area contributed by atoms with Gasteiger partial charge in [0, 0.05) is 24.8 Å². The first kappa shape index (κ1) is 19.5. The van der Waals surface area contributed by atoms with Crippen molar-refractivity contribution >= 4 is 11.9 Å². The average Bonchev–Trinajstić information content (AvgIpc) is 2.99. The van der Waals surface area contributed by atoms with Gasteiger partial charge in [-0.1, -0.05) is 6.07 Å². The van der Waals surface area contributed by atoms with Crippen LogP contribution >= 0.6 is 0 Å². The molecule has 148 valence electrons. The molecule has 0 bridgehead atoms. The minimum absolute atomic E-state index is 0.188. The van der Waals surface area contributed by atoms with Crippen molar-refractivity contribution in [3.63, 3.8) is 0 Å². The van der Waals surface area contributed by atoms with E-state index in [4.69, 9.17) is 14.2 Å². The lowest BCUT2D eigenvalue weighted by molar-refractivity contribution is -0.122. The van der Waals surface area contributed by atoms with Crippen LogP contribution in [0.15, 0.2) is 18.2 Å². The molecule has 0 radical (unpaired) electrons. The lowest BCUT2D eigenvalue weighted by atomic mass is 9.66. The Morgan fingerprint density at radius 1 is 1.15 bits per heavy atom. The zero-order valence-electron chi connectivity index (χ0n) is 16.8. The lowest BCUT2D eigenvalue weighted by Gasteiger charge is -2.41. The summed E-state index contributed by atoms with van der Waals surface area (Å²) >= 11 is 0. The number of fused-ring (bicyclic) bond motifs is 1. The summed E-state index contributed by atoms with van der Waals surface area (Å²) in [5.41, 5.74) is 0.262. The summed E-state index contributed by atoms with van der Waals surface area (Å²) in [4.78, 5) is 26.7. The van der Waals surface area contributed by atoms with Crippen LogP contribution in [0.3, 0.4) is 0 Å². The van der Waals surface area contributed by atoms with Crippen LogP contribution in [-0.4, -0.2) is 49.2 Å². The number of ether oxygens (including phenoxy) is 3. The number of likely N-dealkylation sites (tertiary alicyclic amines) is 1. The van der Waals surface area contributed by atoms with Crippen molar-refractivity contribution < 1.29 is 23.8 Å². The Morgan fingerprint density at radius 2 is 1.85 bits per heavy atom. The standard InChI is InChI=1S/C21H29NO5/c1-20(2,3)27-19(24)22-11-10-21(9-8-15(23)13-18(21)22)14-6-7-16(25-4)17(12-14)26-5/h6-7,12,18H,8-11,13H2,1-5H3/t18-,21+/m1/s1. The van der Waals surface area contributed by atoms with Crippen LogP contribution in [0.25, 0.3) is 0 Å². The number of methoxy groups -OCH3 is 2. The highest BCUT2D eigenvalue weighted by molar-refractivity contribution is 5.82. The fourth-order valence-corrected chi connectivity index (χ4v) is 4.38. The molecule has 6 nitrogen and oxygen atoms in total. The van der Waals surface area contributed by atoms with Crippen LogP contribution in [0.5, 0.6) is 11.5 Å². The smallest absolute Gasteiger partial charge is 0.410 e. The van der Waals surface area contributed by atoms with E-state index in [1.165, 1.54) is 0 Å². The predicted octanol–water partition coefficient (Wildman–Crippen LogP) is 3.70. The van der Waals surface area contributed by atoms with Crippen molar-refractivity contribution in [2.45, 2.75) is 63.5 Å². The van der Waals surface area contributed by atoms with Gasteiger partial charge in [0.25, 0.3) is 0 Å². The first-order valence-corrected chi connectivity index (χ1v) is 9.44. The van der Waals surface area contributed by atoms with E-state index >= 15 is 0 Å². The van der Waals surface area contributed by atoms with Crippen molar-refractivity contribution in [2.24, 2.45) is 0 Å². The average molecular weight is 375 g/mol. The van der Waals surface area contributed by atoms with E-state index < -0.39 is 5.60 Å². The third-order valence-corrected chi connectivity index (χ3v) is 5.67. The summed E-state index contributed by atoms with van der Waals surface area (Å²) in [7, 11) is 3.22. The molecule has 1 aliphatic heterocycles. The number of hydrogen-bond donors (Lipinski definition) is 0. The van der Waals surface area contributed by atoms with E-state index in [2.05, 4.69) is 0 Å². The van der Waals surface area contributed by atoms with Gasteiger partial charge in [-0.05, 0) is 51.3 Å². The quantitative estimate of drug-likeness (QED) is 0.806. The molecular formula is C21H29NO5. The fraction of sp³-hybridized carbons (Fsp3) is 0.619. The van der Waals surface area contributed by atoms with Gasteiger partial charge in [-0.25, -0.2) is 4.79 Å². The number of rotatable bonds is 3. The monoisotopic (exact) mass is 375 g/mol. The van der Waals surface area contributed by atoms with E-state index in [1.54, 1.807) is 19.1 Å². The third kappa shape index (κ3) is 3.62. The molecule has 1 amide bonds. The van der Waals surface area contributed by atoms with E-state index in [9.17, 15) is 9.59 Å².